The van der Waals surface area contributed by atoms with Crippen LogP contribution >= 0.6 is 28.3 Å². The van der Waals surface area contributed by atoms with Crippen LogP contribution in [0.3, 0.4) is 0 Å². The van der Waals surface area contributed by atoms with Gasteiger partial charge in [0.2, 0.25) is 0 Å². The number of aromatic amines is 1. The fourth-order valence-corrected chi connectivity index (χ4v) is 1.15. The van der Waals surface area contributed by atoms with Gasteiger partial charge in [0.1, 0.15) is 0 Å². The van der Waals surface area contributed by atoms with Crippen molar-refractivity contribution in [3.63, 3.8) is 0 Å². The van der Waals surface area contributed by atoms with Crippen LogP contribution in [0.15, 0.2) is 10.7 Å². The van der Waals surface area contributed by atoms with Crippen LogP contribution in [-0.4, -0.2) is 10.2 Å². The van der Waals surface area contributed by atoms with Crippen molar-refractivity contribution >= 4 is 28.3 Å². The summed E-state index contributed by atoms with van der Waals surface area (Å²) in [5.74, 6) is 0. The van der Waals surface area contributed by atoms with Gasteiger partial charge in [0.15, 0.2) is 0 Å². The van der Waals surface area contributed by atoms with Crippen molar-refractivity contribution in [3.8, 4) is 0 Å². The second kappa shape index (κ2) is 3.95. The zero-order valence-electron chi connectivity index (χ0n) is 5.47. The molecule has 58 valence electrons. The Labute approximate surface area is 73.9 Å². The van der Waals surface area contributed by atoms with E-state index in [9.17, 15) is 0 Å². The Morgan fingerprint density at radius 1 is 1.80 bits per heavy atom. The third-order valence-corrected chi connectivity index (χ3v) is 1.71. The standard InChI is InChI=1S/C5H8BrN3.ClH/c1-3(7)5-4(6)2-8-9-5;/h2-3H,7H2,1H3,(H,8,9);1H/t3-;/m1./s1. The number of hydrogen-bond acceptors (Lipinski definition) is 2. The maximum atomic E-state index is 5.56. The van der Waals surface area contributed by atoms with Crippen molar-refractivity contribution < 1.29 is 0 Å². The minimum atomic E-state index is 0. The average Bonchev–Trinajstić information content (AvgIpc) is 2.13. The van der Waals surface area contributed by atoms with E-state index in [0.29, 0.717) is 0 Å². The monoisotopic (exact) mass is 225 g/mol. The summed E-state index contributed by atoms with van der Waals surface area (Å²) >= 11 is 3.29. The largest absolute Gasteiger partial charge is 0.323 e. The highest BCUT2D eigenvalue weighted by Crippen LogP contribution is 2.17. The Bertz CT molecular complexity index is 199. The number of aromatic nitrogens is 2. The molecular formula is C5H9BrClN3. The zero-order chi connectivity index (χ0) is 6.85. The molecular weight excluding hydrogens is 217 g/mol. The molecule has 0 saturated heterocycles. The van der Waals surface area contributed by atoms with Crippen LogP contribution in [0.5, 0.6) is 0 Å². The lowest BCUT2D eigenvalue weighted by Crippen LogP contribution is -2.05. The fourth-order valence-electron chi connectivity index (χ4n) is 0.601. The molecule has 1 atom stereocenters. The summed E-state index contributed by atoms with van der Waals surface area (Å²) < 4.78 is 0.942. The summed E-state index contributed by atoms with van der Waals surface area (Å²) in [7, 11) is 0. The summed E-state index contributed by atoms with van der Waals surface area (Å²) in [5, 5.41) is 6.57. The number of nitrogens with one attached hydrogen (secondary N) is 1. The van der Waals surface area contributed by atoms with Gasteiger partial charge in [-0.05, 0) is 22.9 Å². The normalized spacial score (nSPS) is 12.3. The van der Waals surface area contributed by atoms with Gasteiger partial charge in [-0.3, -0.25) is 5.10 Å². The molecule has 10 heavy (non-hydrogen) atoms. The topological polar surface area (TPSA) is 54.7 Å². The van der Waals surface area contributed by atoms with Gasteiger partial charge in [-0.1, -0.05) is 0 Å². The van der Waals surface area contributed by atoms with Crippen LogP contribution in [0.4, 0.5) is 0 Å². The molecule has 3 N–H and O–H groups in total. The van der Waals surface area contributed by atoms with Gasteiger partial charge in [-0.25, -0.2) is 0 Å². The van der Waals surface area contributed by atoms with Crippen LogP contribution in [0.1, 0.15) is 18.7 Å². The number of nitrogens with two attached hydrogens (primary N) is 1. The van der Waals surface area contributed by atoms with E-state index in [4.69, 9.17) is 5.73 Å². The SMILES string of the molecule is C[C@@H](N)c1[nH]ncc1Br.Cl. The molecule has 0 bridgehead atoms. The summed E-state index contributed by atoms with van der Waals surface area (Å²) in [6.45, 7) is 1.90. The molecule has 0 amide bonds. The van der Waals surface area contributed by atoms with Crippen molar-refractivity contribution in [2.45, 2.75) is 13.0 Å². The molecule has 0 unspecified atom stereocenters. The summed E-state index contributed by atoms with van der Waals surface area (Å²) in [5.41, 5.74) is 6.50. The first-order valence-corrected chi connectivity index (χ1v) is 3.45. The van der Waals surface area contributed by atoms with Crippen LogP contribution in [-0.2, 0) is 0 Å². The van der Waals surface area contributed by atoms with E-state index in [1.54, 1.807) is 6.20 Å². The lowest BCUT2D eigenvalue weighted by molar-refractivity contribution is 0.768. The minimum absolute atomic E-state index is 0. The fraction of sp³-hybridized carbons (Fsp3) is 0.400. The third-order valence-electron chi connectivity index (χ3n) is 1.08. The molecule has 0 aliphatic carbocycles. The maximum absolute atomic E-state index is 5.56. The Hall–Kier alpha value is -0.0600. The van der Waals surface area contributed by atoms with Gasteiger partial charge in [0.05, 0.1) is 16.4 Å². The first kappa shape index (κ1) is 9.94. The number of H-pyrrole nitrogens is 1. The van der Waals surface area contributed by atoms with Crippen LogP contribution in [0.25, 0.3) is 0 Å². The van der Waals surface area contributed by atoms with E-state index in [1.165, 1.54) is 0 Å². The van der Waals surface area contributed by atoms with Gasteiger partial charge >= 0.3 is 0 Å². The molecule has 1 rings (SSSR count). The number of rotatable bonds is 1. The second-order valence-electron chi connectivity index (χ2n) is 1.92. The van der Waals surface area contributed by atoms with E-state index in [2.05, 4.69) is 26.1 Å². The predicted octanol–water partition coefficient (Wildman–Crippen LogP) is 1.61. The first-order chi connectivity index (χ1) is 4.22. The molecule has 1 aromatic rings. The third kappa shape index (κ3) is 1.97. The average molecular weight is 227 g/mol. The Morgan fingerprint density at radius 3 is 2.60 bits per heavy atom. The van der Waals surface area contributed by atoms with Crippen molar-refractivity contribution in [2.24, 2.45) is 5.73 Å². The van der Waals surface area contributed by atoms with Gasteiger partial charge in [0, 0.05) is 6.04 Å². The lowest BCUT2D eigenvalue weighted by atomic mass is 10.3. The number of nitrogens with zero attached hydrogens (tertiary/aromatic N) is 1. The Kier molecular flexibility index (Phi) is 3.93. The highest BCUT2D eigenvalue weighted by Gasteiger charge is 2.04. The van der Waals surface area contributed by atoms with Gasteiger partial charge in [0.25, 0.3) is 0 Å². The number of hydrogen-bond donors (Lipinski definition) is 2. The quantitative estimate of drug-likeness (QED) is 0.764. The molecule has 0 fully saturated rings. The van der Waals surface area contributed by atoms with E-state index >= 15 is 0 Å². The number of halogens is 2. The van der Waals surface area contributed by atoms with Crippen molar-refractivity contribution in [1.29, 1.82) is 0 Å². The lowest BCUT2D eigenvalue weighted by Gasteiger charge is -1.99. The molecule has 0 spiro atoms. The summed E-state index contributed by atoms with van der Waals surface area (Å²) in [6, 6.07) is 0.0156. The van der Waals surface area contributed by atoms with E-state index < -0.39 is 0 Å². The maximum Gasteiger partial charge on any atom is 0.0658 e. The zero-order valence-corrected chi connectivity index (χ0v) is 7.87. The molecule has 0 aliphatic heterocycles. The molecule has 3 nitrogen and oxygen atoms in total. The van der Waals surface area contributed by atoms with Crippen molar-refractivity contribution in [2.75, 3.05) is 0 Å². The molecule has 0 radical (unpaired) electrons. The highest BCUT2D eigenvalue weighted by atomic mass is 79.9. The van der Waals surface area contributed by atoms with Crippen LogP contribution in [0, 0.1) is 0 Å². The summed E-state index contributed by atoms with van der Waals surface area (Å²) in [4.78, 5) is 0. The summed E-state index contributed by atoms with van der Waals surface area (Å²) in [6.07, 6.45) is 1.69. The van der Waals surface area contributed by atoms with E-state index in [0.717, 1.165) is 10.2 Å². The highest BCUT2D eigenvalue weighted by molar-refractivity contribution is 9.10. The van der Waals surface area contributed by atoms with Gasteiger partial charge < -0.3 is 5.73 Å². The molecule has 0 saturated carbocycles. The first-order valence-electron chi connectivity index (χ1n) is 2.66. The van der Waals surface area contributed by atoms with E-state index in [-0.39, 0.29) is 18.4 Å². The second-order valence-corrected chi connectivity index (χ2v) is 2.77. The van der Waals surface area contributed by atoms with E-state index in [1.807, 2.05) is 6.92 Å². The van der Waals surface area contributed by atoms with Crippen molar-refractivity contribution in [3.05, 3.63) is 16.4 Å². The molecule has 5 heteroatoms. The van der Waals surface area contributed by atoms with Gasteiger partial charge in [-0.2, -0.15) is 5.10 Å². The Balaban J connectivity index is 0.000000810. The molecule has 0 aromatic carbocycles. The molecule has 1 heterocycles. The minimum Gasteiger partial charge on any atom is -0.323 e. The van der Waals surface area contributed by atoms with Gasteiger partial charge in [-0.15, -0.1) is 12.4 Å². The smallest absolute Gasteiger partial charge is 0.0658 e. The van der Waals surface area contributed by atoms with Crippen LogP contribution in [0.2, 0.25) is 0 Å². The van der Waals surface area contributed by atoms with Crippen LogP contribution < -0.4 is 5.73 Å². The predicted molar refractivity (Wildman–Crippen MR) is 46.1 cm³/mol. The van der Waals surface area contributed by atoms with Crippen molar-refractivity contribution in [1.82, 2.24) is 10.2 Å². The molecule has 0 aliphatic rings. The Morgan fingerprint density at radius 2 is 2.40 bits per heavy atom. The molecule has 1 aromatic heterocycles.